The van der Waals surface area contributed by atoms with Gasteiger partial charge in [0.25, 0.3) is 0 Å². The highest BCUT2D eigenvalue weighted by atomic mass is 15.6. The van der Waals surface area contributed by atoms with E-state index in [9.17, 15) is 0 Å². The maximum atomic E-state index is 7.97. The Balaban J connectivity index is 3.04. The Hall–Kier alpha value is -1.44. The third-order valence-corrected chi connectivity index (χ3v) is 0.438. The zero-order valence-electron chi connectivity index (χ0n) is 3.31. The fraction of sp³-hybridized carbons (Fsp3) is 0. The number of rotatable bonds is 0. The number of hydrogen-bond donors (Lipinski definition) is 0. The van der Waals surface area contributed by atoms with Crippen molar-refractivity contribution in [2.75, 3.05) is 0 Å². The van der Waals surface area contributed by atoms with E-state index in [1.165, 1.54) is 6.33 Å². The van der Waals surface area contributed by atoms with Gasteiger partial charge in [-0.25, -0.2) is 0 Å². The summed E-state index contributed by atoms with van der Waals surface area (Å²) in [5, 5.41) is 17.8. The monoisotopic (exact) mass is 95.0 g/mol. The molecule has 0 aliphatic rings. The predicted octanol–water partition coefficient (Wildman–Crippen LogP) is -0.998. The van der Waals surface area contributed by atoms with Crippen molar-refractivity contribution in [1.29, 1.82) is 5.26 Å². The summed E-state index contributed by atoms with van der Waals surface area (Å²) in [6.07, 6.45) is 2.84. The second kappa shape index (κ2) is 1.34. The molecule has 0 atom stereocenters. The number of nitrogens with zero attached hydrogens (tertiary/aromatic N) is 5. The van der Waals surface area contributed by atoms with Crippen LogP contribution in [0.1, 0.15) is 0 Å². The Morgan fingerprint density at radius 3 is 2.86 bits per heavy atom. The molecule has 0 bridgehead atoms. The Kier molecular flexibility index (Phi) is 0.717. The smallest absolute Gasteiger partial charge is 0.169 e. The van der Waals surface area contributed by atoms with Gasteiger partial charge in [0, 0.05) is 0 Å². The van der Waals surface area contributed by atoms with Crippen LogP contribution in [0.2, 0.25) is 0 Å². The molecule has 0 saturated carbocycles. The molecular formula is C2HN5. The Morgan fingerprint density at radius 1 is 1.71 bits per heavy atom. The lowest BCUT2D eigenvalue weighted by molar-refractivity contribution is 0.733. The van der Waals surface area contributed by atoms with E-state index in [1.54, 1.807) is 6.19 Å². The average molecular weight is 95.1 g/mol. The van der Waals surface area contributed by atoms with Gasteiger partial charge in [0.15, 0.2) is 6.33 Å². The van der Waals surface area contributed by atoms with Crippen LogP contribution in [0, 0.1) is 11.5 Å². The van der Waals surface area contributed by atoms with Crippen molar-refractivity contribution in [2.24, 2.45) is 0 Å². The lowest BCUT2D eigenvalue weighted by Gasteiger charge is -1.67. The van der Waals surface area contributed by atoms with Crippen molar-refractivity contribution in [3.63, 3.8) is 0 Å². The first-order chi connectivity index (χ1) is 3.43. The van der Waals surface area contributed by atoms with E-state index < -0.39 is 0 Å². The Bertz CT molecular complexity index is 168. The molecule has 1 aromatic rings. The SMILES string of the molecule is N#Cn1ncnn1. The molecule has 5 nitrogen and oxygen atoms in total. The maximum Gasteiger partial charge on any atom is 0.226 e. The first-order valence-electron chi connectivity index (χ1n) is 1.56. The Morgan fingerprint density at radius 2 is 2.57 bits per heavy atom. The summed E-state index contributed by atoms with van der Waals surface area (Å²) in [6.45, 7) is 0. The van der Waals surface area contributed by atoms with Crippen LogP contribution in [0.25, 0.3) is 0 Å². The van der Waals surface area contributed by atoms with Gasteiger partial charge < -0.3 is 0 Å². The summed E-state index contributed by atoms with van der Waals surface area (Å²) in [4.78, 5) is 0.819. The largest absolute Gasteiger partial charge is 0.226 e. The molecule has 0 spiro atoms. The van der Waals surface area contributed by atoms with Gasteiger partial charge in [-0.2, -0.15) is 5.26 Å². The van der Waals surface area contributed by atoms with Crippen LogP contribution in [0.15, 0.2) is 6.33 Å². The first-order valence-corrected chi connectivity index (χ1v) is 1.56. The van der Waals surface area contributed by atoms with Crippen molar-refractivity contribution < 1.29 is 0 Å². The molecule has 34 valence electrons. The molecule has 0 N–H and O–H groups in total. The molecule has 0 aliphatic carbocycles. The summed E-state index contributed by atoms with van der Waals surface area (Å²) < 4.78 is 0. The van der Waals surface area contributed by atoms with Gasteiger partial charge in [0.05, 0.1) is 0 Å². The standard InChI is InChI=1S/C2HN5/c3-1-7-5-2-4-6-7/h2H. The first kappa shape index (κ1) is 3.74. The molecule has 0 saturated heterocycles. The quantitative estimate of drug-likeness (QED) is 0.414. The zero-order chi connectivity index (χ0) is 5.11. The van der Waals surface area contributed by atoms with Crippen LogP contribution in [0.4, 0.5) is 0 Å². The lowest BCUT2D eigenvalue weighted by atomic mass is 11.4. The van der Waals surface area contributed by atoms with Crippen LogP contribution in [0.5, 0.6) is 0 Å². The molecule has 0 amide bonds. The minimum Gasteiger partial charge on any atom is -0.169 e. The molecule has 0 fully saturated rings. The van der Waals surface area contributed by atoms with E-state index >= 15 is 0 Å². The fourth-order valence-electron chi connectivity index (χ4n) is 0.213. The topological polar surface area (TPSA) is 67.4 Å². The van der Waals surface area contributed by atoms with Gasteiger partial charge in [-0.05, 0) is 5.21 Å². The summed E-state index contributed by atoms with van der Waals surface area (Å²) in [5.41, 5.74) is 0. The fourth-order valence-corrected chi connectivity index (χ4v) is 0.213. The molecule has 0 aliphatic heterocycles. The van der Waals surface area contributed by atoms with Gasteiger partial charge in [-0.1, -0.05) is 4.80 Å². The van der Waals surface area contributed by atoms with E-state index in [4.69, 9.17) is 5.26 Å². The molecule has 0 aromatic carbocycles. The molecule has 5 heteroatoms. The highest BCUT2D eigenvalue weighted by molar-refractivity contribution is 4.62. The van der Waals surface area contributed by atoms with Crippen LogP contribution < -0.4 is 0 Å². The summed E-state index contributed by atoms with van der Waals surface area (Å²) in [6, 6.07) is 0. The van der Waals surface area contributed by atoms with Crippen LogP contribution in [-0.4, -0.2) is 20.2 Å². The highest BCUT2D eigenvalue weighted by Gasteiger charge is 1.80. The number of aromatic nitrogens is 4. The van der Waals surface area contributed by atoms with Gasteiger partial charge in [-0.15, -0.1) is 10.2 Å². The van der Waals surface area contributed by atoms with Gasteiger partial charge in [0.1, 0.15) is 0 Å². The molecule has 7 heavy (non-hydrogen) atoms. The van der Waals surface area contributed by atoms with Crippen LogP contribution in [0.3, 0.4) is 0 Å². The van der Waals surface area contributed by atoms with Crippen LogP contribution in [-0.2, 0) is 0 Å². The molecule has 0 radical (unpaired) electrons. The average Bonchev–Trinajstić information content (AvgIpc) is 2.14. The molecule has 1 heterocycles. The van der Waals surface area contributed by atoms with E-state index in [-0.39, 0.29) is 0 Å². The van der Waals surface area contributed by atoms with Crippen molar-refractivity contribution in [2.45, 2.75) is 0 Å². The number of nitriles is 1. The molecule has 0 unspecified atom stereocenters. The second-order valence-electron chi connectivity index (χ2n) is 0.825. The second-order valence-corrected chi connectivity index (χ2v) is 0.825. The van der Waals surface area contributed by atoms with E-state index in [0.29, 0.717) is 0 Å². The van der Waals surface area contributed by atoms with Crippen molar-refractivity contribution in [1.82, 2.24) is 20.2 Å². The molecule has 1 rings (SSSR count). The zero-order valence-corrected chi connectivity index (χ0v) is 3.31. The highest BCUT2D eigenvalue weighted by Crippen LogP contribution is 1.60. The van der Waals surface area contributed by atoms with E-state index in [1.807, 2.05) is 0 Å². The molecule has 1 aromatic heterocycles. The normalized spacial score (nSPS) is 7.86. The third-order valence-electron chi connectivity index (χ3n) is 0.438. The van der Waals surface area contributed by atoms with Gasteiger partial charge in [-0.3, -0.25) is 0 Å². The summed E-state index contributed by atoms with van der Waals surface area (Å²) >= 11 is 0. The van der Waals surface area contributed by atoms with Crippen molar-refractivity contribution in [3.8, 4) is 6.19 Å². The minimum absolute atomic E-state index is 0.819. The van der Waals surface area contributed by atoms with Crippen molar-refractivity contribution in [3.05, 3.63) is 6.33 Å². The van der Waals surface area contributed by atoms with Crippen molar-refractivity contribution >= 4 is 0 Å². The third kappa shape index (κ3) is 0.523. The lowest BCUT2D eigenvalue weighted by Crippen LogP contribution is -1.91. The minimum atomic E-state index is 0.819. The Labute approximate surface area is 39.2 Å². The summed E-state index contributed by atoms with van der Waals surface area (Å²) in [7, 11) is 0. The van der Waals surface area contributed by atoms with Gasteiger partial charge in [0.2, 0.25) is 6.19 Å². The predicted molar refractivity (Wildman–Crippen MR) is 18.8 cm³/mol. The van der Waals surface area contributed by atoms with E-state index in [0.717, 1.165) is 4.80 Å². The molecular weight excluding hydrogens is 94.1 g/mol. The summed E-state index contributed by atoms with van der Waals surface area (Å²) in [5.74, 6) is 0. The number of tetrazole rings is 1. The van der Waals surface area contributed by atoms with Crippen LogP contribution >= 0.6 is 0 Å². The van der Waals surface area contributed by atoms with Gasteiger partial charge >= 0.3 is 0 Å². The number of hydrogen-bond acceptors (Lipinski definition) is 4. The maximum absolute atomic E-state index is 7.97. The van der Waals surface area contributed by atoms with E-state index in [2.05, 4.69) is 15.4 Å².